The van der Waals surface area contributed by atoms with Gasteiger partial charge in [-0.2, -0.15) is 0 Å². The molecule has 0 aliphatic carbocycles. The molecule has 2 N–H and O–H groups in total. The zero-order chi connectivity index (χ0) is 17.4. The molecule has 0 saturated carbocycles. The highest BCUT2D eigenvalue weighted by Crippen LogP contribution is 2.38. The fourth-order valence-electron chi connectivity index (χ4n) is 3.21. The third kappa shape index (κ3) is 3.53. The van der Waals surface area contributed by atoms with E-state index in [9.17, 15) is 9.90 Å². The SMILES string of the molecule is CC(O)(CNc1nccc2c1C(=O)OC2(C)C)CN1CCOCC1. The summed E-state index contributed by atoms with van der Waals surface area (Å²) in [6, 6.07) is 1.80. The van der Waals surface area contributed by atoms with Gasteiger partial charge in [0.2, 0.25) is 0 Å². The number of pyridine rings is 1. The van der Waals surface area contributed by atoms with Crippen LogP contribution in [0.15, 0.2) is 12.3 Å². The summed E-state index contributed by atoms with van der Waals surface area (Å²) in [5.74, 6) is 0.0868. The summed E-state index contributed by atoms with van der Waals surface area (Å²) in [6.07, 6.45) is 1.65. The van der Waals surface area contributed by atoms with Crippen molar-refractivity contribution < 1.29 is 19.4 Å². The van der Waals surface area contributed by atoms with E-state index in [2.05, 4.69) is 15.2 Å². The lowest BCUT2D eigenvalue weighted by molar-refractivity contribution is -0.0164. The smallest absolute Gasteiger partial charge is 0.343 e. The predicted molar refractivity (Wildman–Crippen MR) is 89.1 cm³/mol. The number of anilines is 1. The van der Waals surface area contributed by atoms with Crippen LogP contribution in [-0.4, -0.2) is 66.0 Å². The third-order valence-electron chi connectivity index (χ3n) is 4.46. The Balaban J connectivity index is 1.69. The van der Waals surface area contributed by atoms with Gasteiger partial charge in [0.05, 0.1) is 18.8 Å². The van der Waals surface area contributed by atoms with Crippen molar-refractivity contribution in [2.45, 2.75) is 32.0 Å². The first-order chi connectivity index (χ1) is 11.3. The molecule has 24 heavy (non-hydrogen) atoms. The number of β-amino-alcohol motifs (C(OH)–C–C–N with tert-alkyl or cyclic N) is 1. The summed E-state index contributed by atoms with van der Waals surface area (Å²) in [4.78, 5) is 18.6. The number of hydrogen-bond donors (Lipinski definition) is 2. The Morgan fingerprint density at radius 1 is 1.42 bits per heavy atom. The summed E-state index contributed by atoms with van der Waals surface area (Å²) in [6.45, 7) is 9.34. The van der Waals surface area contributed by atoms with Crippen LogP contribution >= 0.6 is 0 Å². The molecule has 1 unspecified atom stereocenters. The lowest BCUT2D eigenvalue weighted by atomic mass is 9.97. The number of cyclic esters (lactones) is 1. The average molecular weight is 335 g/mol. The van der Waals surface area contributed by atoms with Crippen molar-refractivity contribution in [1.29, 1.82) is 0 Å². The topological polar surface area (TPSA) is 83.9 Å². The van der Waals surface area contributed by atoms with E-state index < -0.39 is 11.2 Å². The Morgan fingerprint density at radius 3 is 2.83 bits per heavy atom. The number of rotatable bonds is 5. The average Bonchev–Trinajstić information content (AvgIpc) is 2.76. The van der Waals surface area contributed by atoms with E-state index in [1.54, 1.807) is 19.2 Å². The highest BCUT2D eigenvalue weighted by molar-refractivity contribution is 5.99. The molecule has 1 fully saturated rings. The van der Waals surface area contributed by atoms with E-state index in [-0.39, 0.29) is 5.97 Å². The van der Waals surface area contributed by atoms with Crippen LogP contribution in [0.4, 0.5) is 5.82 Å². The molecule has 2 aliphatic rings. The summed E-state index contributed by atoms with van der Waals surface area (Å²) < 4.78 is 10.7. The fourth-order valence-corrected chi connectivity index (χ4v) is 3.21. The molecule has 1 aromatic rings. The molecular formula is C17H25N3O4. The van der Waals surface area contributed by atoms with Crippen molar-refractivity contribution in [2.24, 2.45) is 0 Å². The first kappa shape index (κ1) is 17.1. The lowest BCUT2D eigenvalue weighted by Crippen LogP contribution is -2.49. The molecule has 7 nitrogen and oxygen atoms in total. The van der Waals surface area contributed by atoms with Crippen LogP contribution in [0.25, 0.3) is 0 Å². The van der Waals surface area contributed by atoms with E-state index in [4.69, 9.17) is 9.47 Å². The minimum absolute atomic E-state index is 0.293. The Morgan fingerprint density at radius 2 is 2.12 bits per heavy atom. The van der Waals surface area contributed by atoms with E-state index in [1.807, 2.05) is 13.8 Å². The number of fused-ring (bicyclic) bond motifs is 1. The van der Waals surface area contributed by atoms with Crippen LogP contribution in [0, 0.1) is 0 Å². The fraction of sp³-hybridized carbons (Fsp3) is 0.647. The monoisotopic (exact) mass is 335 g/mol. The van der Waals surface area contributed by atoms with Crippen molar-refractivity contribution >= 4 is 11.8 Å². The number of carbonyl (C=O) groups is 1. The normalized spacial score (nSPS) is 22.6. The van der Waals surface area contributed by atoms with Gasteiger partial charge in [-0.25, -0.2) is 9.78 Å². The highest BCUT2D eigenvalue weighted by Gasteiger charge is 2.40. The maximum Gasteiger partial charge on any atom is 0.343 e. The van der Waals surface area contributed by atoms with Crippen LogP contribution < -0.4 is 5.32 Å². The van der Waals surface area contributed by atoms with Crippen molar-refractivity contribution in [3.05, 3.63) is 23.4 Å². The molecule has 1 atom stereocenters. The molecule has 7 heteroatoms. The van der Waals surface area contributed by atoms with Crippen molar-refractivity contribution in [1.82, 2.24) is 9.88 Å². The van der Waals surface area contributed by atoms with E-state index in [1.165, 1.54) is 0 Å². The van der Waals surface area contributed by atoms with Crippen LogP contribution in [-0.2, 0) is 15.1 Å². The van der Waals surface area contributed by atoms with Gasteiger partial charge in [0.1, 0.15) is 17.0 Å². The molecule has 3 rings (SSSR count). The van der Waals surface area contributed by atoms with Gasteiger partial charge in [0.15, 0.2) is 0 Å². The Labute approximate surface area is 142 Å². The number of nitrogens with one attached hydrogen (secondary N) is 1. The molecule has 0 aromatic carbocycles. The van der Waals surface area contributed by atoms with Crippen LogP contribution in [0.2, 0.25) is 0 Å². The van der Waals surface area contributed by atoms with E-state index >= 15 is 0 Å². The molecule has 0 bridgehead atoms. The van der Waals surface area contributed by atoms with Gasteiger partial charge in [0, 0.05) is 37.9 Å². The zero-order valence-electron chi connectivity index (χ0n) is 14.5. The van der Waals surface area contributed by atoms with Gasteiger partial charge in [-0.1, -0.05) is 0 Å². The van der Waals surface area contributed by atoms with Gasteiger partial charge in [0.25, 0.3) is 0 Å². The number of ether oxygens (including phenoxy) is 2. The maximum atomic E-state index is 12.2. The molecular weight excluding hydrogens is 310 g/mol. The quantitative estimate of drug-likeness (QED) is 0.776. The molecule has 1 aromatic heterocycles. The number of carbonyl (C=O) groups excluding carboxylic acids is 1. The molecule has 2 aliphatic heterocycles. The summed E-state index contributed by atoms with van der Waals surface area (Å²) >= 11 is 0. The number of morpholine rings is 1. The molecule has 0 amide bonds. The Hall–Kier alpha value is -1.70. The second kappa shape index (κ2) is 6.31. The van der Waals surface area contributed by atoms with E-state index in [0.717, 1.165) is 18.7 Å². The molecule has 3 heterocycles. The highest BCUT2D eigenvalue weighted by atomic mass is 16.6. The maximum absolute atomic E-state index is 12.2. The summed E-state index contributed by atoms with van der Waals surface area (Å²) in [5.41, 5.74) is -0.315. The molecule has 1 saturated heterocycles. The second-order valence-electron chi connectivity index (χ2n) is 7.22. The van der Waals surface area contributed by atoms with Gasteiger partial charge in [-0.3, -0.25) is 4.90 Å². The largest absolute Gasteiger partial charge is 0.451 e. The Kier molecular flexibility index (Phi) is 4.50. The van der Waals surface area contributed by atoms with Gasteiger partial charge < -0.3 is 19.9 Å². The molecule has 132 valence electrons. The van der Waals surface area contributed by atoms with Crippen molar-refractivity contribution in [3.63, 3.8) is 0 Å². The first-order valence-corrected chi connectivity index (χ1v) is 8.28. The standard InChI is InChI=1S/C17H25N3O4/c1-16(2)12-4-5-18-14(13(12)15(21)24-16)19-10-17(3,22)11-20-6-8-23-9-7-20/h4-5,22H,6-11H2,1-3H3,(H,18,19). The van der Waals surface area contributed by atoms with Crippen LogP contribution in [0.3, 0.4) is 0 Å². The summed E-state index contributed by atoms with van der Waals surface area (Å²) in [7, 11) is 0. The molecule has 0 spiro atoms. The second-order valence-corrected chi connectivity index (χ2v) is 7.22. The van der Waals surface area contributed by atoms with Crippen LogP contribution in [0.5, 0.6) is 0 Å². The zero-order valence-corrected chi connectivity index (χ0v) is 14.5. The number of aliphatic hydroxyl groups is 1. The molecule has 0 radical (unpaired) electrons. The van der Waals surface area contributed by atoms with E-state index in [0.29, 0.717) is 37.7 Å². The number of aromatic nitrogens is 1. The van der Waals surface area contributed by atoms with Crippen molar-refractivity contribution in [2.75, 3.05) is 44.7 Å². The number of esters is 1. The summed E-state index contributed by atoms with van der Waals surface area (Å²) in [5, 5.41) is 13.8. The van der Waals surface area contributed by atoms with Gasteiger partial charge >= 0.3 is 5.97 Å². The van der Waals surface area contributed by atoms with Crippen LogP contribution in [0.1, 0.15) is 36.7 Å². The first-order valence-electron chi connectivity index (χ1n) is 8.28. The van der Waals surface area contributed by atoms with Gasteiger partial charge in [-0.05, 0) is 26.8 Å². The number of nitrogens with zero attached hydrogens (tertiary/aromatic N) is 2. The Bertz CT molecular complexity index is 624. The predicted octanol–water partition coefficient (Wildman–Crippen LogP) is 0.982. The minimum atomic E-state index is -0.945. The lowest BCUT2D eigenvalue weighted by Gasteiger charge is -2.34. The van der Waals surface area contributed by atoms with Crippen molar-refractivity contribution in [3.8, 4) is 0 Å². The third-order valence-corrected chi connectivity index (χ3v) is 4.46. The van der Waals surface area contributed by atoms with Gasteiger partial charge in [-0.15, -0.1) is 0 Å². The number of hydrogen-bond acceptors (Lipinski definition) is 7. The minimum Gasteiger partial charge on any atom is -0.451 e.